The number of carbonyl (C=O) groups excluding carboxylic acids is 2. The number of benzene rings is 3. The van der Waals surface area contributed by atoms with Crippen LogP contribution in [0.2, 0.25) is 10.0 Å². The Labute approximate surface area is 247 Å². The fourth-order valence-corrected chi connectivity index (χ4v) is 5.93. The van der Waals surface area contributed by atoms with Gasteiger partial charge in [-0.15, -0.1) is 0 Å². The first kappa shape index (κ1) is 31.5. The van der Waals surface area contributed by atoms with Crippen LogP contribution < -0.4 is 9.62 Å². The minimum absolute atomic E-state index is 0.000620. The van der Waals surface area contributed by atoms with Gasteiger partial charge < -0.3 is 10.2 Å². The van der Waals surface area contributed by atoms with Crippen molar-refractivity contribution in [1.29, 1.82) is 0 Å². The van der Waals surface area contributed by atoms with E-state index in [1.54, 1.807) is 25.1 Å². The van der Waals surface area contributed by atoms with Crippen molar-refractivity contribution in [2.75, 3.05) is 10.8 Å². The number of hydrogen-bond donors (Lipinski definition) is 1. The first-order valence-corrected chi connectivity index (χ1v) is 15.2. The topological polar surface area (TPSA) is 86.8 Å². The molecule has 0 aliphatic heterocycles. The van der Waals surface area contributed by atoms with Crippen LogP contribution in [0.4, 0.5) is 5.69 Å². The molecule has 0 unspecified atom stereocenters. The zero-order valence-corrected chi connectivity index (χ0v) is 25.6. The van der Waals surface area contributed by atoms with Crippen LogP contribution in [-0.4, -0.2) is 43.8 Å². The molecule has 0 saturated carbocycles. The Morgan fingerprint density at radius 2 is 1.57 bits per heavy atom. The number of rotatable bonds is 11. The van der Waals surface area contributed by atoms with Crippen LogP contribution in [0.25, 0.3) is 0 Å². The molecule has 10 heteroatoms. The van der Waals surface area contributed by atoms with Crippen molar-refractivity contribution in [3.63, 3.8) is 0 Å². The smallest absolute Gasteiger partial charge is 0.264 e. The molecule has 1 N–H and O–H groups in total. The van der Waals surface area contributed by atoms with Gasteiger partial charge in [0.2, 0.25) is 11.8 Å². The Balaban J connectivity index is 2.08. The lowest BCUT2D eigenvalue weighted by Gasteiger charge is -2.33. The minimum Gasteiger partial charge on any atom is -0.352 e. The summed E-state index contributed by atoms with van der Waals surface area (Å²) in [4.78, 5) is 28.6. The third-order valence-corrected chi connectivity index (χ3v) is 9.44. The number of carbonyl (C=O) groups is 2. The summed E-state index contributed by atoms with van der Waals surface area (Å²) in [5.41, 5.74) is 2.73. The van der Waals surface area contributed by atoms with E-state index in [0.29, 0.717) is 0 Å². The highest BCUT2D eigenvalue weighted by atomic mass is 35.5. The van der Waals surface area contributed by atoms with Gasteiger partial charge in [-0.05, 0) is 69.5 Å². The van der Waals surface area contributed by atoms with E-state index in [-0.39, 0.29) is 39.1 Å². The summed E-state index contributed by atoms with van der Waals surface area (Å²) < 4.78 is 28.8. The van der Waals surface area contributed by atoms with Gasteiger partial charge in [0.15, 0.2) is 0 Å². The molecule has 0 spiro atoms. The van der Waals surface area contributed by atoms with Crippen molar-refractivity contribution in [3.05, 3.63) is 93.5 Å². The van der Waals surface area contributed by atoms with E-state index in [1.165, 1.54) is 29.2 Å². The molecule has 2 atom stereocenters. The first-order chi connectivity index (χ1) is 18.9. The number of aryl methyl sites for hydroxylation is 2. The zero-order chi connectivity index (χ0) is 29.6. The lowest BCUT2D eigenvalue weighted by molar-refractivity contribution is -0.139. The largest absolute Gasteiger partial charge is 0.352 e. The molecule has 0 heterocycles. The molecule has 3 aromatic rings. The lowest BCUT2D eigenvalue weighted by Crippen LogP contribution is -2.52. The van der Waals surface area contributed by atoms with E-state index in [9.17, 15) is 18.0 Å². The molecule has 40 heavy (non-hydrogen) atoms. The van der Waals surface area contributed by atoms with Crippen molar-refractivity contribution in [2.24, 2.45) is 0 Å². The van der Waals surface area contributed by atoms with Gasteiger partial charge in [-0.25, -0.2) is 8.42 Å². The first-order valence-electron chi connectivity index (χ1n) is 13.0. The summed E-state index contributed by atoms with van der Waals surface area (Å²) in [6, 6.07) is 17.5. The van der Waals surface area contributed by atoms with Gasteiger partial charge in [-0.3, -0.25) is 13.9 Å². The number of hydrogen-bond acceptors (Lipinski definition) is 4. The fraction of sp³-hybridized carbons (Fsp3) is 0.333. The molecule has 0 saturated heterocycles. The Kier molecular flexibility index (Phi) is 10.6. The van der Waals surface area contributed by atoms with Gasteiger partial charge >= 0.3 is 0 Å². The number of halogens is 2. The van der Waals surface area contributed by atoms with Crippen LogP contribution in [0, 0.1) is 13.8 Å². The van der Waals surface area contributed by atoms with Crippen molar-refractivity contribution < 1.29 is 18.0 Å². The maximum atomic E-state index is 14.0. The van der Waals surface area contributed by atoms with Gasteiger partial charge in [0.25, 0.3) is 10.0 Å². The van der Waals surface area contributed by atoms with Crippen LogP contribution >= 0.6 is 23.2 Å². The summed E-state index contributed by atoms with van der Waals surface area (Å²) in [7, 11) is -4.25. The molecule has 0 aliphatic rings. The van der Waals surface area contributed by atoms with E-state index in [2.05, 4.69) is 5.32 Å². The molecular weight excluding hydrogens is 569 g/mol. The quantitative estimate of drug-likeness (QED) is 0.285. The molecule has 2 amide bonds. The molecular formula is C30H35Cl2N3O4S. The molecule has 0 fully saturated rings. The summed E-state index contributed by atoms with van der Waals surface area (Å²) in [6.45, 7) is 8.76. The zero-order valence-electron chi connectivity index (χ0n) is 23.3. The SMILES string of the molecule is CC[C@@H](C)NC(=O)[C@H](C)N(Cc1ccccc1C)C(=O)CN(c1cccc(Cl)c1Cl)S(=O)(=O)c1ccc(C)cc1. The van der Waals surface area contributed by atoms with Gasteiger partial charge in [0.05, 0.1) is 20.6 Å². The predicted molar refractivity (Wildman–Crippen MR) is 161 cm³/mol. The number of nitrogens with one attached hydrogen (secondary N) is 1. The molecule has 0 radical (unpaired) electrons. The Hall–Kier alpha value is -3.07. The lowest BCUT2D eigenvalue weighted by atomic mass is 10.1. The second-order valence-electron chi connectivity index (χ2n) is 9.84. The van der Waals surface area contributed by atoms with Gasteiger partial charge in [0, 0.05) is 12.6 Å². The second-order valence-corrected chi connectivity index (χ2v) is 12.5. The maximum Gasteiger partial charge on any atom is 0.264 e. The van der Waals surface area contributed by atoms with E-state index in [0.717, 1.165) is 27.4 Å². The highest BCUT2D eigenvalue weighted by Crippen LogP contribution is 2.35. The van der Waals surface area contributed by atoms with Crippen LogP contribution in [-0.2, 0) is 26.2 Å². The van der Waals surface area contributed by atoms with Crippen LogP contribution in [0.1, 0.15) is 43.9 Å². The van der Waals surface area contributed by atoms with Crippen LogP contribution in [0.3, 0.4) is 0 Å². The predicted octanol–water partition coefficient (Wildman–Crippen LogP) is 6.14. The fourth-order valence-electron chi connectivity index (χ4n) is 4.05. The Morgan fingerprint density at radius 1 is 0.925 bits per heavy atom. The average Bonchev–Trinajstić information content (AvgIpc) is 2.92. The van der Waals surface area contributed by atoms with Gasteiger partial charge in [0.1, 0.15) is 12.6 Å². The van der Waals surface area contributed by atoms with Crippen molar-refractivity contribution in [1.82, 2.24) is 10.2 Å². The Bertz CT molecular complexity index is 1460. The molecule has 0 bridgehead atoms. The third kappa shape index (κ3) is 7.36. The number of amides is 2. The number of anilines is 1. The van der Waals surface area contributed by atoms with E-state index in [4.69, 9.17) is 23.2 Å². The number of sulfonamides is 1. The summed E-state index contributed by atoms with van der Waals surface area (Å²) >= 11 is 12.7. The number of nitrogens with zero attached hydrogens (tertiary/aromatic N) is 2. The van der Waals surface area contributed by atoms with E-state index >= 15 is 0 Å². The van der Waals surface area contributed by atoms with E-state index < -0.39 is 28.5 Å². The standard InChI is InChI=1S/C30H35Cl2N3O4S/c1-6-22(4)33-30(37)23(5)34(18-24-11-8-7-10-21(24)3)28(36)19-35(27-13-9-12-26(31)29(27)32)40(38,39)25-16-14-20(2)15-17-25/h7-17,22-23H,6,18-19H2,1-5H3,(H,33,37)/t22-,23+/m1/s1. The summed E-state index contributed by atoms with van der Waals surface area (Å²) in [5.74, 6) is -0.896. The maximum absolute atomic E-state index is 14.0. The van der Waals surface area contributed by atoms with Crippen LogP contribution in [0.5, 0.6) is 0 Å². The summed E-state index contributed by atoms with van der Waals surface area (Å²) in [6.07, 6.45) is 0.722. The summed E-state index contributed by atoms with van der Waals surface area (Å²) in [5, 5.41) is 3.07. The molecule has 3 rings (SSSR count). The minimum atomic E-state index is -4.25. The van der Waals surface area contributed by atoms with E-state index in [1.807, 2.05) is 52.0 Å². The average molecular weight is 605 g/mol. The highest BCUT2D eigenvalue weighted by molar-refractivity contribution is 7.92. The van der Waals surface area contributed by atoms with Gasteiger partial charge in [-0.1, -0.05) is 78.2 Å². The molecule has 0 aromatic heterocycles. The molecule has 3 aromatic carbocycles. The van der Waals surface area contributed by atoms with Crippen LogP contribution in [0.15, 0.2) is 71.6 Å². The van der Waals surface area contributed by atoms with Crippen molar-refractivity contribution in [3.8, 4) is 0 Å². The van der Waals surface area contributed by atoms with Crippen molar-refractivity contribution >= 4 is 50.7 Å². The molecule has 0 aliphatic carbocycles. The molecule has 7 nitrogen and oxygen atoms in total. The third-order valence-electron chi connectivity index (χ3n) is 6.86. The normalized spacial score (nSPS) is 12.9. The molecule has 214 valence electrons. The van der Waals surface area contributed by atoms with Crippen molar-refractivity contribution in [2.45, 2.75) is 64.6 Å². The van der Waals surface area contributed by atoms with Gasteiger partial charge in [-0.2, -0.15) is 0 Å². The Morgan fingerprint density at radius 3 is 2.20 bits per heavy atom. The second kappa shape index (κ2) is 13.5. The highest BCUT2D eigenvalue weighted by Gasteiger charge is 2.34. The monoisotopic (exact) mass is 603 g/mol.